The summed E-state index contributed by atoms with van der Waals surface area (Å²) in [6.07, 6.45) is 2.35. The number of carbonyl (C=O) groups excluding carboxylic acids is 1. The van der Waals surface area contributed by atoms with E-state index in [1.807, 2.05) is 72.8 Å². The van der Waals surface area contributed by atoms with Crippen LogP contribution in [-0.4, -0.2) is 32.4 Å². The maximum absolute atomic E-state index is 12.1. The van der Waals surface area contributed by atoms with E-state index in [2.05, 4.69) is 22.7 Å². The number of benzene rings is 4. The molecule has 6 nitrogen and oxygen atoms in total. The lowest BCUT2D eigenvalue weighted by Gasteiger charge is -2.11. The smallest absolute Gasteiger partial charge is 0.277 e. The molecule has 1 amide bonds. The number of nitrogens with one attached hydrogen (secondary N) is 1. The Balaban J connectivity index is 1.26. The van der Waals surface area contributed by atoms with Gasteiger partial charge in [-0.05, 0) is 52.2 Å². The number of hydrogen-bond donors (Lipinski definition) is 1. The van der Waals surface area contributed by atoms with Crippen LogP contribution in [0.4, 0.5) is 0 Å². The lowest BCUT2D eigenvalue weighted by Crippen LogP contribution is -2.24. The van der Waals surface area contributed by atoms with Gasteiger partial charge in [0.2, 0.25) is 0 Å². The molecule has 0 aliphatic heterocycles. The third-order valence-corrected chi connectivity index (χ3v) is 5.17. The van der Waals surface area contributed by atoms with Gasteiger partial charge in [0.15, 0.2) is 18.1 Å². The van der Waals surface area contributed by atoms with E-state index in [-0.39, 0.29) is 12.5 Å². The van der Waals surface area contributed by atoms with Gasteiger partial charge in [0.05, 0.1) is 19.9 Å². The van der Waals surface area contributed by atoms with Gasteiger partial charge in [-0.2, -0.15) is 5.10 Å². The van der Waals surface area contributed by atoms with Crippen LogP contribution < -0.4 is 19.6 Å². The van der Waals surface area contributed by atoms with Gasteiger partial charge in [0, 0.05) is 6.42 Å². The monoisotopic (exact) mass is 454 g/mol. The lowest BCUT2D eigenvalue weighted by atomic mass is 10.1. The van der Waals surface area contributed by atoms with Crippen LogP contribution in [0.3, 0.4) is 0 Å². The van der Waals surface area contributed by atoms with E-state index in [0.717, 1.165) is 22.8 Å². The highest BCUT2D eigenvalue weighted by molar-refractivity contribution is 5.85. The summed E-state index contributed by atoms with van der Waals surface area (Å²) in [7, 11) is 1.59. The maximum Gasteiger partial charge on any atom is 0.277 e. The quantitative estimate of drug-likeness (QED) is 0.271. The molecule has 0 fully saturated rings. The van der Waals surface area contributed by atoms with Crippen molar-refractivity contribution in [1.82, 2.24) is 5.43 Å². The van der Waals surface area contributed by atoms with Crippen molar-refractivity contribution in [2.75, 3.05) is 20.3 Å². The van der Waals surface area contributed by atoms with Crippen LogP contribution in [0.15, 0.2) is 96.1 Å². The molecule has 6 heteroatoms. The number of hydrazone groups is 1. The van der Waals surface area contributed by atoms with Gasteiger partial charge in [-0.25, -0.2) is 5.43 Å². The summed E-state index contributed by atoms with van der Waals surface area (Å²) >= 11 is 0. The van der Waals surface area contributed by atoms with E-state index < -0.39 is 0 Å². The molecular formula is C28H26N2O4. The van der Waals surface area contributed by atoms with Crippen molar-refractivity contribution in [2.45, 2.75) is 6.42 Å². The van der Waals surface area contributed by atoms with Crippen LogP contribution in [0, 0.1) is 0 Å². The Morgan fingerprint density at radius 1 is 0.853 bits per heavy atom. The minimum absolute atomic E-state index is 0.132. The normalized spacial score (nSPS) is 10.9. The number of nitrogens with zero attached hydrogens (tertiary/aromatic N) is 1. The topological polar surface area (TPSA) is 69.2 Å². The highest BCUT2D eigenvalue weighted by Gasteiger charge is 2.06. The number of methoxy groups -OCH3 is 1. The molecule has 0 aliphatic rings. The predicted molar refractivity (Wildman–Crippen MR) is 134 cm³/mol. The minimum atomic E-state index is -0.350. The van der Waals surface area contributed by atoms with E-state index in [9.17, 15) is 4.79 Å². The van der Waals surface area contributed by atoms with Crippen molar-refractivity contribution >= 4 is 22.9 Å². The molecule has 0 saturated carbocycles. The summed E-state index contributed by atoms with van der Waals surface area (Å²) < 4.78 is 16.9. The van der Waals surface area contributed by atoms with Crippen molar-refractivity contribution < 1.29 is 19.0 Å². The molecule has 0 unspecified atom stereocenters. The average molecular weight is 455 g/mol. The summed E-state index contributed by atoms with van der Waals surface area (Å²) in [6, 6.07) is 29.3. The van der Waals surface area contributed by atoms with E-state index in [0.29, 0.717) is 23.9 Å². The first-order valence-electron chi connectivity index (χ1n) is 11.0. The van der Waals surface area contributed by atoms with E-state index in [1.54, 1.807) is 19.4 Å². The van der Waals surface area contributed by atoms with E-state index in [1.165, 1.54) is 5.56 Å². The van der Waals surface area contributed by atoms with Crippen LogP contribution >= 0.6 is 0 Å². The number of ether oxygens (including phenoxy) is 3. The minimum Gasteiger partial charge on any atom is -0.493 e. The molecule has 0 radical (unpaired) electrons. The number of hydrogen-bond acceptors (Lipinski definition) is 5. The van der Waals surface area contributed by atoms with E-state index in [4.69, 9.17) is 14.2 Å². The molecule has 0 atom stereocenters. The van der Waals surface area contributed by atoms with Gasteiger partial charge >= 0.3 is 0 Å². The van der Waals surface area contributed by atoms with Crippen molar-refractivity contribution in [3.63, 3.8) is 0 Å². The zero-order valence-corrected chi connectivity index (χ0v) is 18.9. The standard InChI is InChI=1S/C28H26N2O4/c1-32-27-17-22(11-14-26(27)33-16-15-21-7-3-2-4-8-21)19-29-30-28(31)20-34-25-13-12-23-9-5-6-10-24(23)18-25/h2-14,17-19H,15-16,20H2,1H3,(H,30,31)/b29-19+. The van der Waals surface area contributed by atoms with Gasteiger partial charge < -0.3 is 14.2 Å². The van der Waals surface area contributed by atoms with Crippen molar-refractivity contribution in [2.24, 2.45) is 5.10 Å². The number of rotatable bonds is 10. The predicted octanol–water partition coefficient (Wildman–Crippen LogP) is 5.00. The molecule has 34 heavy (non-hydrogen) atoms. The Morgan fingerprint density at radius 3 is 2.47 bits per heavy atom. The molecule has 4 aromatic carbocycles. The second-order valence-corrected chi connectivity index (χ2v) is 7.59. The summed E-state index contributed by atoms with van der Waals surface area (Å²) in [5, 5.41) is 6.18. The molecule has 0 aliphatic carbocycles. The van der Waals surface area contributed by atoms with Crippen molar-refractivity contribution in [3.05, 3.63) is 102 Å². The fourth-order valence-electron chi connectivity index (χ4n) is 3.42. The van der Waals surface area contributed by atoms with Gasteiger partial charge in [0.1, 0.15) is 5.75 Å². The lowest BCUT2D eigenvalue weighted by molar-refractivity contribution is -0.123. The summed E-state index contributed by atoms with van der Waals surface area (Å²) in [5.41, 5.74) is 4.46. The molecule has 0 aromatic heterocycles. The Kier molecular flexibility index (Phi) is 7.74. The molecule has 4 rings (SSSR count). The second kappa shape index (κ2) is 11.5. The zero-order chi connectivity index (χ0) is 23.6. The highest BCUT2D eigenvalue weighted by atomic mass is 16.5. The first-order valence-corrected chi connectivity index (χ1v) is 11.0. The van der Waals surface area contributed by atoms with Gasteiger partial charge in [-0.1, -0.05) is 60.7 Å². The van der Waals surface area contributed by atoms with Gasteiger partial charge in [-0.15, -0.1) is 0 Å². The maximum atomic E-state index is 12.1. The Morgan fingerprint density at radius 2 is 1.65 bits per heavy atom. The Bertz CT molecular complexity index is 1270. The molecule has 4 aromatic rings. The van der Waals surface area contributed by atoms with E-state index >= 15 is 0 Å². The van der Waals surface area contributed by atoms with Crippen molar-refractivity contribution in [3.8, 4) is 17.2 Å². The van der Waals surface area contributed by atoms with Gasteiger partial charge in [-0.3, -0.25) is 4.79 Å². The highest BCUT2D eigenvalue weighted by Crippen LogP contribution is 2.27. The molecule has 0 heterocycles. The largest absolute Gasteiger partial charge is 0.493 e. The Labute approximate surface area is 198 Å². The van der Waals surface area contributed by atoms with Crippen molar-refractivity contribution in [1.29, 1.82) is 0 Å². The molecule has 0 saturated heterocycles. The molecule has 0 spiro atoms. The third-order valence-electron chi connectivity index (χ3n) is 5.17. The molecule has 172 valence electrons. The third kappa shape index (κ3) is 6.36. The molecule has 0 bridgehead atoms. The number of carbonyl (C=O) groups is 1. The SMILES string of the molecule is COc1cc(/C=N/NC(=O)COc2ccc3ccccc3c2)ccc1OCCc1ccccc1. The summed E-state index contributed by atoms with van der Waals surface area (Å²) in [5.74, 6) is 1.54. The summed E-state index contributed by atoms with van der Waals surface area (Å²) in [4.78, 5) is 12.1. The van der Waals surface area contributed by atoms with Crippen LogP contribution in [0.2, 0.25) is 0 Å². The first kappa shape index (κ1) is 22.9. The zero-order valence-electron chi connectivity index (χ0n) is 18.9. The van der Waals surface area contributed by atoms with Crippen LogP contribution in [-0.2, 0) is 11.2 Å². The van der Waals surface area contributed by atoms with Crippen LogP contribution in [0.25, 0.3) is 10.8 Å². The molecular weight excluding hydrogens is 428 g/mol. The average Bonchev–Trinajstić information content (AvgIpc) is 2.88. The second-order valence-electron chi connectivity index (χ2n) is 7.59. The number of fused-ring (bicyclic) bond motifs is 1. The number of amides is 1. The van der Waals surface area contributed by atoms with Crippen LogP contribution in [0.1, 0.15) is 11.1 Å². The molecule has 1 N–H and O–H groups in total. The van der Waals surface area contributed by atoms with Gasteiger partial charge in [0.25, 0.3) is 5.91 Å². The first-order chi connectivity index (χ1) is 16.7. The van der Waals surface area contributed by atoms with Crippen LogP contribution in [0.5, 0.6) is 17.2 Å². The fourth-order valence-corrected chi connectivity index (χ4v) is 3.42. The summed E-state index contributed by atoms with van der Waals surface area (Å²) in [6.45, 7) is 0.411. The Hall–Kier alpha value is -4.32. The fraction of sp³-hybridized carbons (Fsp3) is 0.143.